The number of halogens is 1. The van der Waals surface area contributed by atoms with Crippen LogP contribution in [0.5, 0.6) is 5.75 Å². The molecule has 0 aliphatic carbocycles. The molecule has 0 saturated carbocycles. The van der Waals surface area contributed by atoms with Gasteiger partial charge in [0.15, 0.2) is 6.29 Å². The van der Waals surface area contributed by atoms with Gasteiger partial charge in [0, 0.05) is 10.1 Å². The van der Waals surface area contributed by atoms with Gasteiger partial charge in [-0.1, -0.05) is 0 Å². The van der Waals surface area contributed by atoms with Gasteiger partial charge in [0.05, 0.1) is 7.11 Å². The van der Waals surface area contributed by atoms with Gasteiger partial charge < -0.3 is 4.74 Å². The van der Waals surface area contributed by atoms with Crippen molar-refractivity contribution in [2.24, 2.45) is 0 Å². The normalized spacial score (nSPS) is 10.6. The molecule has 1 aromatic carbocycles. The molecule has 0 amide bonds. The van der Waals surface area contributed by atoms with Crippen LogP contribution in [0.25, 0.3) is 10.1 Å². The second-order valence-corrected chi connectivity index (χ2v) is 4.25. The van der Waals surface area contributed by atoms with Gasteiger partial charge in [-0.3, -0.25) is 4.79 Å². The molecule has 0 N–H and O–H groups in total. The fraction of sp³-hybridized carbons (Fsp3) is 0.182. The lowest BCUT2D eigenvalue weighted by Gasteiger charge is -2.02. The number of methoxy groups -OCH3 is 1. The summed E-state index contributed by atoms with van der Waals surface area (Å²) in [6, 6.07) is 3.07. The summed E-state index contributed by atoms with van der Waals surface area (Å²) in [7, 11) is 1.48. The molecule has 1 aromatic heterocycles. The molecule has 78 valence electrons. The Bertz CT molecular complexity index is 531. The van der Waals surface area contributed by atoms with Gasteiger partial charge in [-0.25, -0.2) is 4.39 Å². The predicted molar refractivity (Wildman–Crippen MR) is 58.5 cm³/mol. The summed E-state index contributed by atoms with van der Waals surface area (Å²) in [6.07, 6.45) is 0.737. The predicted octanol–water partition coefficient (Wildman–Crippen LogP) is 3.17. The van der Waals surface area contributed by atoms with Crippen molar-refractivity contribution in [1.29, 1.82) is 0 Å². The van der Waals surface area contributed by atoms with Gasteiger partial charge in [-0.2, -0.15) is 0 Å². The second-order valence-electron chi connectivity index (χ2n) is 3.16. The van der Waals surface area contributed by atoms with Crippen LogP contribution in [0.1, 0.15) is 15.2 Å². The molecular weight excluding hydrogens is 215 g/mol. The zero-order valence-electron chi connectivity index (χ0n) is 8.33. The van der Waals surface area contributed by atoms with Crippen molar-refractivity contribution in [1.82, 2.24) is 0 Å². The molecule has 0 spiro atoms. The quantitative estimate of drug-likeness (QED) is 0.732. The first-order chi connectivity index (χ1) is 7.19. The fourth-order valence-corrected chi connectivity index (χ4v) is 2.64. The van der Waals surface area contributed by atoms with E-state index in [-0.39, 0.29) is 5.82 Å². The van der Waals surface area contributed by atoms with Crippen LogP contribution in [0.15, 0.2) is 12.1 Å². The highest BCUT2D eigenvalue weighted by molar-refractivity contribution is 7.21. The van der Waals surface area contributed by atoms with Crippen LogP contribution in [0.4, 0.5) is 4.39 Å². The largest absolute Gasteiger partial charge is 0.494 e. The Morgan fingerprint density at radius 2 is 2.20 bits per heavy atom. The Kier molecular flexibility index (Phi) is 2.44. The molecule has 0 unspecified atom stereocenters. The molecule has 2 aromatic rings. The summed E-state index contributed by atoms with van der Waals surface area (Å²) in [6.45, 7) is 1.68. The van der Waals surface area contributed by atoms with E-state index in [1.165, 1.54) is 24.5 Å². The minimum atomic E-state index is -0.281. The molecule has 0 aliphatic rings. The van der Waals surface area contributed by atoms with Crippen molar-refractivity contribution in [2.75, 3.05) is 7.11 Å². The number of fused-ring (bicyclic) bond motifs is 1. The molecule has 2 nitrogen and oxygen atoms in total. The molecule has 0 aliphatic heterocycles. The number of ether oxygens (including phenoxy) is 1. The molecule has 0 atom stereocenters. The number of carbonyl (C=O) groups excluding carboxylic acids is 1. The minimum absolute atomic E-state index is 0.281. The Hall–Kier alpha value is -1.42. The Morgan fingerprint density at radius 3 is 2.80 bits per heavy atom. The van der Waals surface area contributed by atoms with Crippen LogP contribution >= 0.6 is 11.3 Å². The third kappa shape index (κ3) is 1.41. The van der Waals surface area contributed by atoms with E-state index in [1.54, 1.807) is 13.0 Å². The van der Waals surface area contributed by atoms with Crippen LogP contribution < -0.4 is 4.74 Å². The van der Waals surface area contributed by atoms with Crippen molar-refractivity contribution in [3.05, 3.63) is 28.4 Å². The van der Waals surface area contributed by atoms with Gasteiger partial charge in [-0.05, 0) is 24.6 Å². The first-order valence-corrected chi connectivity index (χ1v) is 5.21. The summed E-state index contributed by atoms with van der Waals surface area (Å²) in [5.74, 6) is 0.193. The number of hydrogen-bond donors (Lipinski definition) is 0. The Morgan fingerprint density at radius 1 is 1.47 bits per heavy atom. The molecule has 15 heavy (non-hydrogen) atoms. The summed E-state index contributed by atoms with van der Waals surface area (Å²) in [5, 5.41) is 0.699. The van der Waals surface area contributed by atoms with Crippen LogP contribution in [0.2, 0.25) is 0 Å². The number of rotatable bonds is 2. The summed E-state index contributed by atoms with van der Waals surface area (Å²) >= 11 is 1.31. The first-order valence-electron chi connectivity index (χ1n) is 4.39. The number of carbonyl (C=O) groups is 1. The zero-order chi connectivity index (χ0) is 11.0. The van der Waals surface area contributed by atoms with Gasteiger partial charge in [-0.15, -0.1) is 11.3 Å². The molecule has 0 saturated heterocycles. The minimum Gasteiger partial charge on any atom is -0.494 e. The van der Waals surface area contributed by atoms with E-state index in [0.717, 1.165) is 11.0 Å². The van der Waals surface area contributed by atoms with E-state index in [1.807, 2.05) is 0 Å². The maximum Gasteiger partial charge on any atom is 0.163 e. The SMILES string of the molecule is COc1c(C=O)sc2ccc(F)c(C)c12. The van der Waals surface area contributed by atoms with E-state index in [2.05, 4.69) is 0 Å². The fourth-order valence-electron chi connectivity index (χ4n) is 1.60. The first kappa shape index (κ1) is 10.1. The average Bonchev–Trinajstić information content (AvgIpc) is 2.61. The Balaban J connectivity index is 2.90. The Labute approximate surface area is 90.3 Å². The van der Waals surface area contributed by atoms with Crippen molar-refractivity contribution in [2.45, 2.75) is 6.92 Å². The van der Waals surface area contributed by atoms with E-state index >= 15 is 0 Å². The van der Waals surface area contributed by atoms with Gasteiger partial charge in [0.2, 0.25) is 0 Å². The highest BCUT2D eigenvalue weighted by Gasteiger charge is 2.15. The van der Waals surface area contributed by atoms with Crippen LogP contribution in [-0.4, -0.2) is 13.4 Å². The topological polar surface area (TPSA) is 26.3 Å². The maximum atomic E-state index is 13.3. The van der Waals surface area contributed by atoms with E-state index < -0.39 is 0 Å². The molecule has 0 radical (unpaired) electrons. The molecular formula is C11H9FO2S. The summed E-state index contributed by atoms with van der Waals surface area (Å²) < 4.78 is 19.3. The molecule has 2 rings (SSSR count). The van der Waals surface area contributed by atoms with E-state index in [4.69, 9.17) is 4.74 Å². The summed E-state index contributed by atoms with van der Waals surface area (Å²) in [4.78, 5) is 11.3. The molecule has 1 heterocycles. The van der Waals surface area contributed by atoms with Crippen LogP contribution in [0, 0.1) is 12.7 Å². The smallest absolute Gasteiger partial charge is 0.163 e. The highest BCUT2D eigenvalue weighted by atomic mass is 32.1. The maximum absolute atomic E-state index is 13.3. The second kappa shape index (κ2) is 3.62. The van der Waals surface area contributed by atoms with Gasteiger partial charge >= 0.3 is 0 Å². The zero-order valence-corrected chi connectivity index (χ0v) is 9.15. The van der Waals surface area contributed by atoms with Crippen molar-refractivity contribution < 1.29 is 13.9 Å². The molecule has 0 fully saturated rings. The molecule has 4 heteroatoms. The third-order valence-electron chi connectivity index (χ3n) is 2.34. The standard InChI is InChI=1S/C11H9FO2S/c1-6-7(12)3-4-8-10(6)11(14-2)9(5-13)15-8/h3-5H,1-2H3. The van der Waals surface area contributed by atoms with E-state index in [9.17, 15) is 9.18 Å². The number of benzene rings is 1. The van der Waals surface area contributed by atoms with Crippen LogP contribution in [-0.2, 0) is 0 Å². The van der Waals surface area contributed by atoms with Gasteiger partial charge in [0.25, 0.3) is 0 Å². The van der Waals surface area contributed by atoms with E-state index in [0.29, 0.717) is 21.6 Å². The number of aryl methyl sites for hydroxylation is 1. The third-order valence-corrected chi connectivity index (χ3v) is 3.40. The number of aldehydes is 1. The molecule has 0 bridgehead atoms. The lowest BCUT2D eigenvalue weighted by molar-refractivity contribution is 0.112. The lowest BCUT2D eigenvalue weighted by atomic mass is 10.1. The number of thiophene rings is 1. The number of hydrogen-bond acceptors (Lipinski definition) is 3. The van der Waals surface area contributed by atoms with Crippen molar-refractivity contribution in [3.63, 3.8) is 0 Å². The highest BCUT2D eigenvalue weighted by Crippen LogP contribution is 2.39. The van der Waals surface area contributed by atoms with Crippen molar-refractivity contribution >= 4 is 27.7 Å². The van der Waals surface area contributed by atoms with Gasteiger partial charge in [0.1, 0.15) is 16.4 Å². The van der Waals surface area contributed by atoms with Crippen LogP contribution in [0.3, 0.4) is 0 Å². The average molecular weight is 224 g/mol. The van der Waals surface area contributed by atoms with Crippen molar-refractivity contribution in [3.8, 4) is 5.75 Å². The lowest BCUT2D eigenvalue weighted by Crippen LogP contribution is -1.88. The monoisotopic (exact) mass is 224 g/mol. The summed E-state index contributed by atoms with van der Waals surface area (Å²) in [5.41, 5.74) is 0.522.